The molecule has 22 heavy (non-hydrogen) atoms. The van der Waals surface area contributed by atoms with Crippen LogP contribution >= 0.6 is 35.3 Å². The first kappa shape index (κ1) is 21.6. The van der Waals surface area contributed by atoms with Crippen molar-refractivity contribution < 1.29 is 0 Å². The molecule has 1 rings (SSSR count). The fourth-order valence-electron chi connectivity index (χ4n) is 2.01. The largest absolute Gasteiger partial charge is 0.356 e. The van der Waals surface area contributed by atoms with Crippen LogP contribution in [0.15, 0.2) is 11.2 Å². The number of hydrogen-bond acceptors (Lipinski definition) is 3. The van der Waals surface area contributed by atoms with Gasteiger partial charge < -0.3 is 10.6 Å². The number of guanidine groups is 1. The molecule has 0 aliphatic heterocycles. The van der Waals surface area contributed by atoms with Gasteiger partial charge in [-0.3, -0.25) is 4.99 Å². The van der Waals surface area contributed by atoms with Gasteiger partial charge in [-0.2, -0.15) is 0 Å². The molecular weight excluding hydrogens is 407 g/mol. The van der Waals surface area contributed by atoms with Gasteiger partial charge in [0.2, 0.25) is 0 Å². The first-order chi connectivity index (χ1) is 9.90. The maximum absolute atomic E-state index is 4.37. The summed E-state index contributed by atoms with van der Waals surface area (Å²) in [6, 6.07) is 0. The summed E-state index contributed by atoms with van der Waals surface area (Å²) in [5.74, 6) is 0.888. The number of aromatic nitrogens is 1. The number of aliphatic imine (C=N–C) groups is 1. The summed E-state index contributed by atoms with van der Waals surface area (Å²) in [6.07, 6.45) is 6.59. The number of nitrogens with zero attached hydrogens (tertiary/aromatic N) is 2. The van der Waals surface area contributed by atoms with Gasteiger partial charge in [0.1, 0.15) is 0 Å². The molecule has 0 radical (unpaired) electrons. The molecule has 0 amide bonds. The van der Waals surface area contributed by atoms with Crippen molar-refractivity contribution in [3.05, 3.63) is 16.1 Å². The maximum atomic E-state index is 4.37. The lowest BCUT2D eigenvalue weighted by Gasteiger charge is -2.18. The lowest BCUT2D eigenvalue weighted by molar-refractivity contribution is 0.360. The smallest absolute Gasteiger partial charge is 0.190 e. The van der Waals surface area contributed by atoms with Gasteiger partial charge in [-0.15, -0.1) is 35.3 Å². The normalized spacial score (nSPS) is 12.0. The van der Waals surface area contributed by atoms with Crippen LogP contribution in [0.25, 0.3) is 0 Å². The van der Waals surface area contributed by atoms with E-state index in [-0.39, 0.29) is 24.0 Å². The molecule has 0 bridgehead atoms. The third kappa shape index (κ3) is 10.4. The van der Waals surface area contributed by atoms with Gasteiger partial charge in [0.25, 0.3) is 0 Å². The second-order valence-electron chi connectivity index (χ2n) is 6.56. The van der Waals surface area contributed by atoms with Crippen LogP contribution in [-0.4, -0.2) is 31.1 Å². The summed E-state index contributed by atoms with van der Waals surface area (Å²) in [5, 5.41) is 7.89. The Bertz CT molecular complexity index is 438. The van der Waals surface area contributed by atoms with E-state index < -0.39 is 0 Å². The Balaban J connectivity index is 0.00000441. The topological polar surface area (TPSA) is 49.3 Å². The fraction of sp³-hybridized carbons (Fsp3) is 0.750. The number of hydrogen-bond donors (Lipinski definition) is 2. The fourth-order valence-corrected chi connectivity index (χ4v) is 2.80. The third-order valence-corrected chi connectivity index (χ3v) is 4.14. The van der Waals surface area contributed by atoms with E-state index in [2.05, 4.69) is 48.3 Å². The number of nitrogens with one attached hydrogen (secondary N) is 2. The van der Waals surface area contributed by atoms with Crippen molar-refractivity contribution >= 4 is 41.3 Å². The molecule has 0 aliphatic carbocycles. The van der Waals surface area contributed by atoms with Crippen LogP contribution in [0.4, 0.5) is 0 Å². The minimum Gasteiger partial charge on any atom is -0.356 e. The Morgan fingerprint density at radius 1 is 1.23 bits per heavy atom. The van der Waals surface area contributed by atoms with Crippen LogP contribution in [0.5, 0.6) is 0 Å². The molecule has 0 fully saturated rings. The van der Waals surface area contributed by atoms with Gasteiger partial charge >= 0.3 is 0 Å². The molecule has 0 saturated carbocycles. The highest BCUT2D eigenvalue weighted by atomic mass is 127. The summed E-state index contributed by atoms with van der Waals surface area (Å²) in [4.78, 5) is 9.88. The average molecular weight is 438 g/mol. The summed E-state index contributed by atoms with van der Waals surface area (Å²) in [6.45, 7) is 10.8. The zero-order chi connectivity index (χ0) is 15.7. The van der Waals surface area contributed by atoms with Crippen molar-refractivity contribution in [1.29, 1.82) is 0 Å². The Labute approximate surface area is 156 Å². The lowest BCUT2D eigenvalue weighted by Crippen LogP contribution is -2.38. The number of unbranched alkanes of at least 4 members (excludes halogenated alkanes) is 1. The summed E-state index contributed by atoms with van der Waals surface area (Å²) < 4.78 is 0. The Morgan fingerprint density at radius 3 is 2.45 bits per heavy atom. The zero-order valence-electron chi connectivity index (χ0n) is 14.5. The van der Waals surface area contributed by atoms with Crippen molar-refractivity contribution in [1.82, 2.24) is 15.6 Å². The van der Waals surface area contributed by atoms with Crippen molar-refractivity contribution in [2.75, 3.05) is 20.1 Å². The number of halogens is 1. The van der Waals surface area contributed by atoms with Gasteiger partial charge in [-0.1, -0.05) is 27.2 Å². The van der Waals surface area contributed by atoms with E-state index in [0.29, 0.717) is 5.41 Å². The van der Waals surface area contributed by atoms with Crippen LogP contribution < -0.4 is 10.6 Å². The lowest BCUT2D eigenvalue weighted by atomic mass is 9.90. The van der Waals surface area contributed by atoms with E-state index in [9.17, 15) is 0 Å². The van der Waals surface area contributed by atoms with E-state index in [4.69, 9.17) is 0 Å². The third-order valence-electron chi connectivity index (χ3n) is 3.17. The second-order valence-corrected chi connectivity index (χ2v) is 7.88. The van der Waals surface area contributed by atoms with Gasteiger partial charge in [0.15, 0.2) is 5.96 Å². The highest BCUT2D eigenvalue weighted by molar-refractivity contribution is 14.0. The summed E-state index contributed by atoms with van der Waals surface area (Å²) >= 11 is 1.76. The van der Waals surface area contributed by atoms with E-state index in [1.165, 1.54) is 29.1 Å². The molecule has 128 valence electrons. The predicted octanol–water partition coefficient (Wildman–Crippen LogP) is 3.99. The minimum absolute atomic E-state index is 0. The van der Waals surface area contributed by atoms with Gasteiger partial charge in [0, 0.05) is 37.6 Å². The molecule has 0 aromatic carbocycles. The van der Waals surface area contributed by atoms with Crippen LogP contribution in [0.2, 0.25) is 0 Å². The van der Waals surface area contributed by atoms with Crippen LogP contribution in [0.1, 0.15) is 49.9 Å². The van der Waals surface area contributed by atoms with Crippen LogP contribution in [0.3, 0.4) is 0 Å². The van der Waals surface area contributed by atoms with E-state index in [0.717, 1.165) is 25.5 Å². The molecule has 2 N–H and O–H groups in total. The van der Waals surface area contributed by atoms with Crippen LogP contribution in [-0.2, 0) is 6.42 Å². The molecule has 0 saturated heterocycles. The SMILES string of the molecule is CN=C(NCCCCC(C)(C)C)NCCc1ncc(C)s1.I. The standard InChI is InChI=1S/C16H30N4S.HI/c1-13-12-20-14(21-13)8-11-19-15(17-5)18-10-7-6-9-16(2,3)4;/h12H,6-11H2,1-5H3,(H2,17,18,19);1H. The summed E-state index contributed by atoms with van der Waals surface area (Å²) in [7, 11) is 1.82. The molecule has 0 atom stereocenters. The second kappa shape index (κ2) is 11.2. The molecule has 0 spiro atoms. The molecule has 4 nitrogen and oxygen atoms in total. The van der Waals surface area contributed by atoms with Gasteiger partial charge in [-0.05, 0) is 25.2 Å². The quantitative estimate of drug-likeness (QED) is 0.293. The highest BCUT2D eigenvalue weighted by Gasteiger charge is 2.08. The van der Waals surface area contributed by atoms with Crippen LogP contribution in [0, 0.1) is 12.3 Å². The number of thiazole rings is 1. The predicted molar refractivity (Wildman–Crippen MR) is 109 cm³/mol. The molecule has 1 heterocycles. The molecule has 0 aliphatic rings. The Hall–Kier alpha value is -0.370. The number of rotatable bonds is 7. The monoisotopic (exact) mass is 438 g/mol. The molecule has 6 heteroatoms. The molecular formula is C16H31IN4S. The Kier molecular flexibility index (Phi) is 11.0. The van der Waals surface area contributed by atoms with E-state index in [1.54, 1.807) is 11.3 Å². The van der Waals surface area contributed by atoms with Crippen molar-refractivity contribution in [2.24, 2.45) is 10.4 Å². The van der Waals surface area contributed by atoms with Crippen molar-refractivity contribution in [2.45, 2.75) is 53.4 Å². The van der Waals surface area contributed by atoms with Gasteiger partial charge in [0.05, 0.1) is 5.01 Å². The molecule has 1 aromatic heterocycles. The highest BCUT2D eigenvalue weighted by Crippen LogP contribution is 2.21. The first-order valence-electron chi connectivity index (χ1n) is 7.76. The zero-order valence-corrected chi connectivity index (χ0v) is 17.7. The Morgan fingerprint density at radius 2 is 1.91 bits per heavy atom. The minimum atomic E-state index is 0. The maximum Gasteiger partial charge on any atom is 0.190 e. The van der Waals surface area contributed by atoms with Crippen molar-refractivity contribution in [3.8, 4) is 0 Å². The van der Waals surface area contributed by atoms with Crippen molar-refractivity contribution in [3.63, 3.8) is 0 Å². The summed E-state index contributed by atoms with van der Waals surface area (Å²) in [5.41, 5.74) is 0.436. The number of aryl methyl sites for hydroxylation is 1. The average Bonchev–Trinajstić information content (AvgIpc) is 2.80. The first-order valence-corrected chi connectivity index (χ1v) is 8.58. The van der Waals surface area contributed by atoms with E-state index >= 15 is 0 Å². The molecule has 0 unspecified atom stereocenters. The van der Waals surface area contributed by atoms with Gasteiger partial charge in [-0.25, -0.2) is 4.98 Å². The molecule has 1 aromatic rings. The van der Waals surface area contributed by atoms with E-state index in [1.807, 2.05) is 13.2 Å².